The van der Waals surface area contributed by atoms with E-state index >= 15 is 0 Å². The van der Waals surface area contributed by atoms with Gasteiger partial charge in [-0.2, -0.15) is 0 Å². The average molecular weight is 178 g/mol. The van der Waals surface area contributed by atoms with Gasteiger partial charge in [0, 0.05) is 24.7 Å². The number of aromatic nitrogens is 1. The number of fused-ring (bicyclic) bond motifs is 1. The summed E-state index contributed by atoms with van der Waals surface area (Å²) >= 11 is 0. The number of phenolic OH excluding ortho intramolecular Hbond substituents is 2. The topological polar surface area (TPSA) is 57.4 Å². The number of nitrogens with one attached hydrogen (secondary N) is 1. The van der Waals surface area contributed by atoms with Crippen LogP contribution in [0.15, 0.2) is 24.4 Å². The van der Waals surface area contributed by atoms with Crippen LogP contribution in [0.1, 0.15) is 0 Å². The quantitative estimate of drug-likeness (QED) is 0.575. The Bertz CT molecular complexity index is 448. The molecule has 4 nitrogen and oxygen atoms in total. The van der Waals surface area contributed by atoms with Crippen molar-refractivity contribution < 1.29 is 10.2 Å². The standard InChI is InChI=1S/C9H10N2O2/c1-10-11-3-2-6-4-8(12)9(13)5-7(6)11/h2-5,10,12-13H,1H3. The number of nitrogens with zero attached hydrogens (tertiary/aromatic N) is 1. The molecule has 3 N–H and O–H groups in total. The van der Waals surface area contributed by atoms with E-state index in [-0.39, 0.29) is 11.5 Å². The zero-order valence-corrected chi connectivity index (χ0v) is 7.15. The maximum absolute atomic E-state index is 9.26. The highest BCUT2D eigenvalue weighted by atomic mass is 16.3. The Morgan fingerprint density at radius 3 is 2.62 bits per heavy atom. The second-order valence-electron chi connectivity index (χ2n) is 2.81. The van der Waals surface area contributed by atoms with Crippen molar-refractivity contribution in [3.63, 3.8) is 0 Å². The van der Waals surface area contributed by atoms with Crippen LogP contribution in [-0.4, -0.2) is 21.9 Å². The van der Waals surface area contributed by atoms with E-state index in [4.69, 9.17) is 0 Å². The minimum Gasteiger partial charge on any atom is -0.504 e. The van der Waals surface area contributed by atoms with Gasteiger partial charge in [-0.15, -0.1) is 0 Å². The van der Waals surface area contributed by atoms with Gasteiger partial charge in [0.05, 0.1) is 5.52 Å². The first-order valence-corrected chi connectivity index (χ1v) is 3.93. The third kappa shape index (κ3) is 1.07. The first-order chi connectivity index (χ1) is 6.22. The summed E-state index contributed by atoms with van der Waals surface area (Å²) in [6, 6.07) is 4.89. The van der Waals surface area contributed by atoms with E-state index in [2.05, 4.69) is 5.43 Å². The van der Waals surface area contributed by atoms with E-state index in [9.17, 15) is 10.2 Å². The molecule has 2 rings (SSSR count). The zero-order chi connectivity index (χ0) is 9.42. The van der Waals surface area contributed by atoms with Crippen molar-refractivity contribution in [3.05, 3.63) is 24.4 Å². The molecule has 0 bridgehead atoms. The van der Waals surface area contributed by atoms with E-state index in [1.807, 2.05) is 12.3 Å². The van der Waals surface area contributed by atoms with Crippen molar-refractivity contribution in [3.8, 4) is 11.5 Å². The van der Waals surface area contributed by atoms with Crippen LogP contribution in [0.4, 0.5) is 0 Å². The monoisotopic (exact) mass is 178 g/mol. The minimum absolute atomic E-state index is 0.0960. The first-order valence-electron chi connectivity index (χ1n) is 3.93. The fourth-order valence-corrected chi connectivity index (χ4v) is 1.35. The molecule has 1 aromatic carbocycles. The molecule has 0 aliphatic heterocycles. The molecule has 0 saturated carbocycles. The lowest BCUT2D eigenvalue weighted by Gasteiger charge is -2.03. The van der Waals surface area contributed by atoms with Gasteiger partial charge in [-0.05, 0) is 12.1 Å². The second kappa shape index (κ2) is 2.58. The molecule has 1 aromatic heterocycles. The largest absolute Gasteiger partial charge is 0.504 e. The van der Waals surface area contributed by atoms with Gasteiger partial charge in [-0.25, -0.2) is 0 Å². The van der Waals surface area contributed by atoms with Crippen LogP contribution in [-0.2, 0) is 0 Å². The molecule has 1 heterocycles. The van der Waals surface area contributed by atoms with Gasteiger partial charge in [-0.1, -0.05) is 0 Å². The Kier molecular flexibility index (Phi) is 1.55. The molecule has 0 amide bonds. The fraction of sp³-hybridized carbons (Fsp3) is 0.111. The predicted octanol–water partition coefficient (Wildman–Crippen LogP) is 1.23. The Morgan fingerprint density at radius 1 is 1.23 bits per heavy atom. The van der Waals surface area contributed by atoms with Crippen LogP contribution in [0.5, 0.6) is 11.5 Å². The fourth-order valence-electron chi connectivity index (χ4n) is 1.35. The summed E-state index contributed by atoms with van der Waals surface area (Å²) in [7, 11) is 1.78. The summed E-state index contributed by atoms with van der Waals surface area (Å²) in [5.41, 5.74) is 3.75. The van der Waals surface area contributed by atoms with Crippen molar-refractivity contribution in [2.24, 2.45) is 0 Å². The van der Waals surface area contributed by atoms with E-state index in [0.717, 1.165) is 10.9 Å². The summed E-state index contributed by atoms with van der Waals surface area (Å²) in [5.74, 6) is -0.205. The van der Waals surface area contributed by atoms with E-state index in [1.54, 1.807) is 11.7 Å². The van der Waals surface area contributed by atoms with Crippen LogP contribution in [0, 0.1) is 0 Å². The predicted molar refractivity (Wildman–Crippen MR) is 50.6 cm³/mol. The highest BCUT2D eigenvalue weighted by molar-refractivity contribution is 5.84. The van der Waals surface area contributed by atoms with Crippen molar-refractivity contribution in [1.82, 2.24) is 4.68 Å². The van der Waals surface area contributed by atoms with Gasteiger partial charge in [0.15, 0.2) is 11.5 Å². The Balaban J connectivity index is 2.77. The number of rotatable bonds is 1. The molecule has 2 aromatic rings. The van der Waals surface area contributed by atoms with Crippen molar-refractivity contribution in [2.75, 3.05) is 12.5 Å². The van der Waals surface area contributed by atoms with Gasteiger partial charge in [0.1, 0.15) is 0 Å². The normalized spacial score (nSPS) is 10.5. The molecule has 4 heteroatoms. The summed E-state index contributed by atoms with van der Waals surface area (Å²) in [5, 5.41) is 19.4. The molecule has 0 aliphatic carbocycles. The lowest BCUT2D eigenvalue weighted by molar-refractivity contribution is 0.404. The molecule has 0 atom stereocenters. The number of hydrogen-bond donors (Lipinski definition) is 3. The molecule has 0 unspecified atom stereocenters. The highest BCUT2D eigenvalue weighted by Gasteiger charge is 2.04. The van der Waals surface area contributed by atoms with Crippen LogP contribution in [0.3, 0.4) is 0 Å². The number of hydrogen-bond acceptors (Lipinski definition) is 3. The molecule has 0 fully saturated rings. The molecule has 0 saturated heterocycles. The third-order valence-corrected chi connectivity index (χ3v) is 2.03. The SMILES string of the molecule is CNn1ccc2cc(O)c(O)cc21. The van der Waals surface area contributed by atoms with Crippen LogP contribution in [0.25, 0.3) is 10.9 Å². The summed E-state index contributed by atoms with van der Waals surface area (Å²) in [6.45, 7) is 0. The Hall–Kier alpha value is -1.84. The Morgan fingerprint density at radius 2 is 1.92 bits per heavy atom. The van der Waals surface area contributed by atoms with Crippen molar-refractivity contribution in [2.45, 2.75) is 0 Å². The van der Waals surface area contributed by atoms with Crippen molar-refractivity contribution in [1.29, 1.82) is 0 Å². The maximum atomic E-state index is 9.26. The molecular formula is C9H10N2O2. The smallest absolute Gasteiger partial charge is 0.159 e. The molecule has 13 heavy (non-hydrogen) atoms. The lowest BCUT2D eigenvalue weighted by atomic mass is 10.2. The van der Waals surface area contributed by atoms with Gasteiger partial charge < -0.3 is 15.6 Å². The number of benzene rings is 1. The summed E-state index contributed by atoms with van der Waals surface area (Å²) in [6.07, 6.45) is 1.82. The molecule has 0 spiro atoms. The minimum atomic E-state index is -0.109. The maximum Gasteiger partial charge on any atom is 0.159 e. The van der Waals surface area contributed by atoms with Crippen LogP contribution >= 0.6 is 0 Å². The van der Waals surface area contributed by atoms with Crippen LogP contribution < -0.4 is 5.43 Å². The summed E-state index contributed by atoms with van der Waals surface area (Å²) in [4.78, 5) is 0. The molecular weight excluding hydrogens is 168 g/mol. The third-order valence-electron chi connectivity index (χ3n) is 2.03. The van der Waals surface area contributed by atoms with E-state index in [0.29, 0.717) is 0 Å². The van der Waals surface area contributed by atoms with Crippen molar-refractivity contribution >= 4 is 10.9 Å². The Labute approximate surface area is 75.0 Å². The lowest BCUT2D eigenvalue weighted by Crippen LogP contribution is -2.05. The number of aromatic hydroxyl groups is 2. The van der Waals surface area contributed by atoms with Gasteiger partial charge in [-0.3, -0.25) is 4.68 Å². The summed E-state index contributed by atoms with van der Waals surface area (Å²) < 4.78 is 1.76. The zero-order valence-electron chi connectivity index (χ0n) is 7.15. The molecule has 0 aliphatic rings. The molecule has 68 valence electrons. The molecule has 0 radical (unpaired) electrons. The second-order valence-corrected chi connectivity index (χ2v) is 2.81. The van der Waals surface area contributed by atoms with Gasteiger partial charge >= 0.3 is 0 Å². The first kappa shape index (κ1) is 7.79. The van der Waals surface area contributed by atoms with E-state index < -0.39 is 0 Å². The number of phenols is 2. The van der Waals surface area contributed by atoms with Gasteiger partial charge in [0.25, 0.3) is 0 Å². The van der Waals surface area contributed by atoms with Crippen LogP contribution in [0.2, 0.25) is 0 Å². The van der Waals surface area contributed by atoms with E-state index in [1.165, 1.54) is 12.1 Å². The highest BCUT2D eigenvalue weighted by Crippen LogP contribution is 2.30. The average Bonchev–Trinajstić information content (AvgIpc) is 2.48. The van der Waals surface area contributed by atoms with Gasteiger partial charge in [0.2, 0.25) is 0 Å².